The number of carbonyl (C=O) groups excluding carboxylic acids is 3. The molecule has 2 aliphatic heterocycles. The molecule has 15 heteroatoms. The van der Waals surface area contributed by atoms with Crippen LogP contribution in [0.4, 0.5) is 33.3 Å². The monoisotopic (exact) mass is 616 g/mol. The summed E-state index contributed by atoms with van der Waals surface area (Å²) >= 11 is 6.16. The molecule has 2 fully saturated rings. The van der Waals surface area contributed by atoms with Gasteiger partial charge in [-0.1, -0.05) is 17.7 Å². The highest BCUT2D eigenvalue weighted by molar-refractivity contribution is 6.31. The molecule has 4 rings (SSSR count). The molecule has 0 aliphatic carbocycles. The Labute approximate surface area is 243 Å². The Kier molecular flexibility index (Phi) is 9.89. The molecular weight excluding hydrogens is 587 g/mol. The van der Waals surface area contributed by atoms with Gasteiger partial charge >= 0.3 is 6.18 Å². The third-order valence-electron chi connectivity index (χ3n) is 7.19. The Balaban J connectivity index is 1.38. The van der Waals surface area contributed by atoms with Crippen molar-refractivity contribution in [3.63, 3.8) is 0 Å². The Hall–Kier alpha value is -3.49. The molecular formula is C27H30ClF5N6O3. The van der Waals surface area contributed by atoms with E-state index in [0.717, 1.165) is 6.07 Å². The minimum Gasteiger partial charge on any atom is -0.367 e. The number of hydrogen-bond donors (Lipinski definition) is 3. The molecule has 2 heterocycles. The lowest BCUT2D eigenvalue weighted by molar-refractivity contribution is -0.138. The number of hydrogen-bond acceptors (Lipinski definition) is 6. The quantitative estimate of drug-likeness (QED) is 0.374. The fourth-order valence-electron chi connectivity index (χ4n) is 4.80. The molecule has 3 amide bonds. The van der Waals surface area contributed by atoms with Crippen molar-refractivity contribution in [2.24, 2.45) is 5.73 Å². The van der Waals surface area contributed by atoms with Gasteiger partial charge in [0.15, 0.2) is 11.6 Å². The number of piperazine rings is 1. The number of nitrogens with zero attached hydrogens (tertiary/aromatic N) is 3. The van der Waals surface area contributed by atoms with Crippen LogP contribution in [-0.4, -0.2) is 85.6 Å². The maximum Gasteiger partial charge on any atom is 0.390 e. The van der Waals surface area contributed by atoms with Gasteiger partial charge in [-0.25, -0.2) is 8.78 Å². The molecule has 2 saturated heterocycles. The molecule has 1 atom stereocenters. The van der Waals surface area contributed by atoms with Crippen LogP contribution in [0, 0.1) is 11.6 Å². The maximum absolute atomic E-state index is 14.9. The number of nitrogens with one attached hydrogen (secondary N) is 2. The van der Waals surface area contributed by atoms with E-state index in [-0.39, 0.29) is 36.8 Å². The predicted molar refractivity (Wildman–Crippen MR) is 146 cm³/mol. The van der Waals surface area contributed by atoms with E-state index in [0.29, 0.717) is 49.9 Å². The molecule has 2 aromatic rings. The molecule has 0 spiro atoms. The van der Waals surface area contributed by atoms with Crippen molar-refractivity contribution < 1.29 is 36.3 Å². The summed E-state index contributed by atoms with van der Waals surface area (Å²) in [5.41, 5.74) is 5.61. The molecule has 0 bridgehead atoms. The van der Waals surface area contributed by atoms with Crippen LogP contribution in [0.3, 0.4) is 0 Å². The number of alkyl halides is 3. The topological polar surface area (TPSA) is 111 Å². The summed E-state index contributed by atoms with van der Waals surface area (Å²) in [4.78, 5) is 41.8. The first-order valence-electron chi connectivity index (χ1n) is 13.3. The second kappa shape index (κ2) is 13.2. The zero-order valence-corrected chi connectivity index (χ0v) is 23.2. The zero-order valence-electron chi connectivity index (χ0n) is 22.4. The van der Waals surface area contributed by atoms with Gasteiger partial charge in [-0.05, 0) is 30.7 Å². The van der Waals surface area contributed by atoms with Crippen LogP contribution in [0.25, 0.3) is 0 Å². The molecule has 1 unspecified atom stereocenters. The molecule has 0 saturated carbocycles. The van der Waals surface area contributed by atoms with Crippen molar-refractivity contribution in [3.05, 3.63) is 58.1 Å². The lowest BCUT2D eigenvalue weighted by Crippen LogP contribution is -2.47. The van der Waals surface area contributed by atoms with Crippen molar-refractivity contribution in [1.29, 1.82) is 0 Å². The Morgan fingerprint density at radius 1 is 1.02 bits per heavy atom. The van der Waals surface area contributed by atoms with Gasteiger partial charge in [0.2, 0.25) is 11.8 Å². The van der Waals surface area contributed by atoms with Crippen LogP contribution in [0.15, 0.2) is 30.3 Å². The van der Waals surface area contributed by atoms with Gasteiger partial charge in [0, 0.05) is 56.4 Å². The maximum atomic E-state index is 14.9. The first-order chi connectivity index (χ1) is 19.8. The summed E-state index contributed by atoms with van der Waals surface area (Å²) in [7, 11) is 0. The minimum absolute atomic E-state index is 0.117. The first kappa shape index (κ1) is 31.4. The Bertz CT molecular complexity index is 1340. The average Bonchev–Trinajstić information content (AvgIpc) is 3.25. The molecule has 228 valence electrons. The van der Waals surface area contributed by atoms with Gasteiger partial charge in [-0.15, -0.1) is 0 Å². The van der Waals surface area contributed by atoms with Crippen molar-refractivity contribution >= 4 is 40.7 Å². The van der Waals surface area contributed by atoms with E-state index in [2.05, 4.69) is 10.6 Å². The standard InChI is InChI=1S/C27H30ClF5N6O3/c28-17-2-4-20(21(13-17)38-11-9-37(10-12-38)8-6-27(31,32)33)36-25(41)18-3-1-16(23(29)24(18)30)14-35-22(40)15-39-7-5-19(34)26(39)42/h1-4,13,19H,5-12,14-15,34H2,(H,35,40)(H,36,41). The lowest BCUT2D eigenvalue weighted by atomic mass is 10.1. The number of anilines is 2. The number of benzene rings is 2. The molecule has 4 N–H and O–H groups in total. The summed E-state index contributed by atoms with van der Waals surface area (Å²) in [6, 6.07) is 6.19. The number of halogens is 6. The van der Waals surface area contributed by atoms with Gasteiger partial charge in [-0.3, -0.25) is 19.3 Å². The zero-order chi connectivity index (χ0) is 30.6. The van der Waals surface area contributed by atoms with E-state index in [1.807, 2.05) is 4.90 Å². The van der Waals surface area contributed by atoms with Crippen molar-refractivity contribution in [3.8, 4) is 0 Å². The Morgan fingerprint density at radius 3 is 2.38 bits per heavy atom. The lowest BCUT2D eigenvalue weighted by Gasteiger charge is -2.37. The summed E-state index contributed by atoms with van der Waals surface area (Å²) in [6.45, 7) is 1.02. The van der Waals surface area contributed by atoms with E-state index in [4.69, 9.17) is 17.3 Å². The minimum atomic E-state index is -4.24. The van der Waals surface area contributed by atoms with Crippen molar-refractivity contribution in [2.75, 3.05) is 56.0 Å². The predicted octanol–water partition coefficient (Wildman–Crippen LogP) is 3.12. The largest absolute Gasteiger partial charge is 0.390 e. The van der Waals surface area contributed by atoms with Crippen LogP contribution < -0.4 is 21.3 Å². The van der Waals surface area contributed by atoms with E-state index >= 15 is 0 Å². The van der Waals surface area contributed by atoms with E-state index in [1.54, 1.807) is 11.0 Å². The van der Waals surface area contributed by atoms with Crippen LogP contribution in [0.2, 0.25) is 5.02 Å². The third-order valence-corrected chi connectivity index (χ3v) is 7.42. The molecule has 2 aliphatic rings. The fourth-order valence-corrected chi connectivity index (χ4v) is 4.97. The molecule has 42 heavy (non-hydrogen) atoms. The molecule has 2 aromatic carbocycles. The summed E-state index contributed by atoms with van der Waals surface area (Å²) in [5, 5.41) is 5.35. The summed E-state index contributed by atoms with van der Waals surface area (Å²) < 4.78 is 67.5. The highest BCUT2D eigenvalue weighted by atomic mass is 35.5. The van der Waals surface area contributed by atoms with E-state index in [9.17, 15) is 36.3 Å². The van der Waals surface area contributed by atoms with Gasteiger partial charge in [-0.2, -0.15) is 13.2 Å². The Morgan fingerprint density at radius 2 is 1.74 bits per heavy atom. The van der Waals surface area contributed by atoms with E-state index in [1.165, 1.54) is 23.1 Å². The molecule has 9 nitrogen and oxygen atoms in total. The van der Waals surface area contributed by atoms with Crippen LogP contribution in [0.5, 0.6) is 0 Å². The summed E-state index contributed by atoms with van der Waals surface area (Å²) in [5.74, 6) is -4.58. The fraction of sp³-hybridized carbons (Fsp3) is 0.444. The number of rotatable bonds is 9. The number of amides is 3. The highest BCUT2D eigenvalue weighted by Crippen LogP contribution is 2.31. The third kappa shape index (κ3) is 7.86. The van der Waals surface area contributed by atoms with Crippen molar-refractivity contribution in [1.82, 2.24) is 15.1 Å². The normalized spacial score (nSPS) is 18.0. The average molecular weight is 617 g/mol. The molecule has 0 radical (unpaired) electrons. The van der Waals surface area contributed by atoms with Crippen LogP contribution >= 0.6 is 11.6 Å². The molecule has 0 aromatic heterocycles. The van der Waals surface area contributed by atoms with Gasteiger partial charge in [0.25, 0.3) is 5.91 Å². The number of nitrogens with two attached hydrogens (primary N) is 1. The first-order valence-corrected chi connectivity index (χ1v) is 13.6. The second-order valence-electron chi connectivity index (χ2n) is 10.1. The van der Waals surface area contributed by atoms with Crippen LogP contribution in [0.1, 0.15) is 28.8 Å². The van der Waals surface area contributed by atoms with E-state index < -0.39 is 47.7 Å². The highest BCUT2D eigenvalue weighted by Gasteiger charge is 2.31. The number of likely N-dealkylation sites (tertiary alicyclic amines) is 1. The van der Waals surface area contributed by atoms with Gasteiger partial charge in [0.1, 0.15) is 0 Å². The summed E-state index contributed by atoms with van der Waals surface area (Å²) in [6.07, 6.45) is -4.73. The SMILES string of the molecule is NC1CCN(CC(=O)NCc2ccc(C(=O)Nc3ccc(Cl)cc3N3CCN(CCC(F)(F)F)CC3)c(F)c2F)C1=O. The second-order valence-corrected chi connectivity index (χ2v) is 10.6. The smallest absolute Gasteiger partial charge is 0.367 e. The van der Waals surface area contributed by atoms with Gasteiger partial charge < -0.3 is 26.2 Å². The van der Waals surface area contributed by atoms with Gasteiger partial charge in [0.05, 0.1) is 35.9 Å². The van der Waals surface area contributed by atoms with Crippen molar-refractivity contribution in [2.45, 2.75) is 31.6 Å². The number of carbonyl (C=O) groups is 3. The van der Waals surface area contributed by atoms with Crippen LogP contribution in [-0.2, 0) is 16.1 Å².